The summed E-state index contributed by atoms with van der Waals surface area (Å²) in [6, 6.07) is 6.95. The van der Waals surface area contributed by atoms with Gasteiger partial charge in [0.05, 0.1) is 12.9 Å². The number of carbonyl (C=O) groups is 1. The average Bonchev–Trinajstić information content (AvgIpc) is 2.60. The Morgan fingerprint density at radius 1 is 1.25 bits per heavy atom. The van der Waals surface area contributed by atoms with Gasteiger partial charge in [-0.2, -0.15) is 0 Å². The second-order valence-electron chi connectivity index (χ2n) is 6.04. The summed E-state index contributed by atoms with van der Waals surface area (Å²) < 4.78 is 31.0. The van der Waals surface area contributed by atoms with Gasteiger partial charge in [-0.3, -0.25) is 4.79 Å². The van der Waals surface area contributed by atoms with Crippen molar-refractivity contribution in [2.75, 3.05) is 26.0 Å². The molecule has 6 nitrogen and oxygen atoms in total. The van der Waals surface area contributed by atoms with Crippen molar-refractivity contribution in [2.45, 2.75) is 38.6 Å². The van der Waals surface area contributed by atoms with Gasteiger partial charge in [0.2, 0.25) is 10.0 Å². The van der Waals surface area contributed by atoms with E-state index in [0.29, 0.717) is 43.7 Å². The predicted molar refractivity (Wildman–Crippen MR) is 93.8 cm³/mol. The molecule has 134 valence electrons. The number of nitrogens with zero attached hydrogens (tertiary/aromatic N) is 1. The topological polar surface area (TPSA) is 75.7 Å². The molecule has 1 aliphatic rings. The second-order valence-corrected chi connectivity index (χ2v) is 8.13. The Morgan fingerprint density at radius 2 is 1.88 bits per heavy atom. The van der Waals surface area contributed by atoms with E-state index in [-0.39, 0.29) is 17.7 Å². The maximum Gasteiger partial charge on any atom is 0.251 e. The molecule has 24 heavy (non-hydrogen) atoms. The Bertz CT molecular complexity index is 635. The van der Waals surface area contributed by atoms with Crippen molar-refractivity contribution in [1.29, 1.82) is 0 Å². The number of carbonyl (C=O) groups excluding carboxylic acids is 1. The van der Waals surface area contributed by atoms with E-state index in [9.17, 15) is 13.2 Å². The molecule has 0 atom stereocenters. The molecule has 0 radical (unpaired) electrons. The van der Waals surface area contributed by atoms with Crippen LogP contribution < -0.4 is 10.1 Å². The molecule has 1 aliphatic heterocycles. The highest BCUT2D eigenvalue weighted by molar-refractivity contribution is 7.89. The molecule has 2 rings (SSSR count). The number of ether oxygens (including phenoxy) is 1. The lowest BCUT2D eigenvalue weighted by Gasteiger charge is -2.31. The molecule has 0 unspecified atom stereocenters. The molecule has 1 heterocycles. The normalized spacial score (nSPS) is 16.8. The van der Waals surface area contributed by atoms with E-state index in [2.05, 4.69) is 5.32 Å². The van der Waals surface area contributed by atoms with Gasteiger partial charge in [-0.1, -0.05) is 13.3 Å². The van der Waals surface area contributed by atoms with E-state index in [4.69, 9.17) is 4.74 Å². The maximum atomic E-state index is 12.2. The fraction of sp³-hybridized carbons (Fsp3) is 0.588. The third-order valence-corrected chi connectivity index (χ3v) is 6.25. The number of nitrogens with one attached hydrogen (secondary N) is 1. The Labute approximate surface area is 144 Å². The van der Waals surface area contributed by atoms with Crippen LogP contribution in [0.4, 0.5) is 0 Å². The molecule has 1 aromatic carbocycles. The Hall–Kier alpha value is -1.60. The van der Waals surface area contributed by atoms with Crippen LogP contribution in [0.1, 0.15) is 43.0 Å². The van der Waals surface area contributed by atoms with Crippen LogP contribution in [0.3, 0.4) is 0 Å². The quantitative estimate of drug-likeness (QED) is 0.813. The number of unbranched alkanes of at least 4 members (excludes halogenated alkanes) is 1. The van der Waals surface area contributed by atoms with E-state index in [0.717, 1.165) is 6.42 Å². The average molecular weight is 354 g/mol. The zero-order valence-electron chi connectivity index (χ0n) is 14.3. The number of amides is 1. The van der Waals surface area contributed by atoms with Gasteiger partial charge < -0.3 is 10.1 Å². The fourth-order valence-electron chi connectivity index (χ4n) is 2.75. The minimum atomic E-state index is -3.15. The summed E-state index contributed by atoms with van der Waals surface area (Å²) >= 11 is 0. The van der Waals surface area contributed by atoms with Crippen LogP contribution in [0.25, 0.3) is 0 Å². The molecule has 0 spiro atoms. The van der Waals surface area contributed by atoms with Crippen LogP contribution >= 0.6 is 0 Å². The number of sulfonamides is 1. The lowest BCUT2D eigenvalue weighted by atomic mass is 10.1. The summed E-state index contributed by atoms with van der Waals surface area (Å²) in [5, 5.41) is 2.99. The first kappa shape index (κ1) is 18.7. The number of methoxy groups -OCH3 is 1. The lowest BCUT2D eigenvalue weighted by molar-refractivity contribution is 0.0924. The molecule has 1 aromatic rings. The van der Waals surface area contributed by atoms with Gasteiger partial charge in [-0.25, -0.2) is 12.7 Å². The first-order chi connectivity index (χ1) is 11.5. The largest absolute Gasteiger partial charge is 0.497 e. The van der Waals surface area contributed by atoms with Crippen molar-refractivity contribution >= 4 is 15.9 Å². The summed E-state index contributed by atoms with van der Waals surface area (Å²) in [7, 11) is -1.57. The molecule has 1 fully saturated rings. The van der Waals surface area contributed by atoms with Crippen LogP contribution in [0.5, 0.6) is 5.75 Å². The van der Waals surface area contributed by atoms with Crippen LogP contribution in [-0.2, 0) is 10.0 Å². The first-order valence-corrected chi connectivity index (χ1v) is 10.00. The summed E-state index contributed by atoms with van der Waals surface area (Å²) in [4.78, 5) is 12.2. The number of benzene rings is 1. The van der Waals surface area contributed by atoms with Crippen molar-refractivity contribution in [3.05, 3.63) is 29.8 Å². The van der Waals surface area contributed by atoms with E-state index < -0.39 is 10.0 Å². The number of piperidine rings is 1. The highest BCUT2D eigenvalue weighted by atomic mass is 32.2. The molecule has 0 saturated carbocycles. The van der Waals surface area contributed by atoms with Crippen LogP contribution in [0.2, 0.25) is 0 Å². The van der Waals surface area contributed by atoms with Crippen molar-refractivity contribution in [3.63, 3.8) is 0 Å². The molecule has 0 aromatic heterocycles. The zero-order valence-corrected chi connectivity index (χ0v) is 15.1. The first-order valence-electron chi connectivity index (χ1n) is 8.39. The summed E-state index contributed by atoms with van der Waals surface area (Å²) in [6.45, 7) is 2.93. The molecule has 1 saturated heterocycles. The highest BCUT2D eigenvalue weighted by Crippen LogP contribution is 2.17. The molecule has 1 amide bonds. The lowest BCUT2D eigenvalue weighted by Crippen LogP contribution is -2.47. The Kier molecular flexibility index (Phi) is 6.62. The number of hydrogen-bond donors (Lipinski definition) is 1. The molecular formula is C17H26N2O4S. The SMILES string of the molecule is CCCCS(=O)(=O)N1CCC(NC(=O)c2ccc(OC)cc2)CC1. The third-order valence-electron chi connectivity index (χ3n) is 4.29. The summed E-state index contributed by atoms with van der Waals surface area (Å²) in [5.41, 5.74) is 0.578. The van der Waals surface area contributed by atoms with Crippen LogP contribution in [-0.4, -0.2) is 50.6 Å². The van der Waals surface area contributed by atoms with Gasteiger partial charge in [0.25, 0.3) is 5.91 Å². The highest BCUT2D eigenvalue weighted by Gasteiger charge is 2.28. The zero-order chi connectivity index (χ0) is 17.6. The minimum Gasteiger partial charge on any atom is -0.497 e. The summed E-state index contributed by atoms with van der Waals surface area (Å²) in [5.74, 6) is 0.786. The minimum absolute atomic E-state index is 0.0113. The smallest absolute Gasteiger partial charge is 0.251 e. The molecule has 1 N–H and O–H groups in total. The number of rotatable bonds is 7. The van der Waals surface area contributed by atoms with Gasteiger partial charge in [0.1, 0.15) is 5.75 Å². The predicted octanol–water partition coefficient (Wildman–Crippen LogP) is 2.02. The maximum absolute atomic E-state index is 12.2. The van der Waals surface area contributed by atoms with Gasteiger partial charge in [-0.15, -0.1) is 0 Å². The van der Waals surface area contributed by atoms with Crippen molar-refractivity contribution in [2.24, 2.45) is 0 Å². The van der Waals surface area contributed by atoms with Crippen molar-refractivity contribution < 1.29 is 17.9 Å². The van der Waals surface area contributed by atoms with E-state index in [1.807, 2.05) is 6.92 Å². The Balaban J connectivity index is 1.85. The third kappa shape index (κ3) is 4.95. The molecule has 0 bridgehead atoms. The summed E-state index contributed by atoms with van der Waals surface area (Å²) in [6.07, 6.45) is 2.85. The number of hydrogen-bond acceptors (Lipinski definition) is 4. The van der Waals surface area contributed by atoms with Crippen molar-refractivity contribution in [1.82, 2.24) is 9.62 Å². The van der Waals surface area contributed by atoms with Gasteiger partial charge in [-0.05, 0) is 43.5 Å². The molecular weight excluding hydrogens is 328 g/mol. The molecule has 0 aliphatic carbocycles. The van der Waals surface area contributed by atoms with Crippen LogP contribution in [0, 0.1) is 0 Å². The van der Waals surface area contributed by atoms with Crippen LogP contribution in [0.15, 0.2) is 24.3 Å². The Morgan fingerprint density at radius 3 is 2.42 bits per heavy atom. The van der Waals surface area contributed by atoms with E-state index in [1.54, 1.807) is 35.7 Å². The monoisotopic (exact) mass is 354 g/mol. The van der Waals surface area contributed by atoms with Gasteiger partial charge >= 0.3 is 0 Å². The van der Waals surface area contributed by atoms with Gasteiger partial charge in [0, 0.05) is 24.7 Å². The second kappa shape index (κ2) is 8.48. The van der Waals surface area contributed by atoms with E-state index >= 15 is 0 Å². The fourth-order valence-corrected chi connectivity index (χ4v) is 4.42. The van der Waals surface area contributed by atoms with E-state index in [1.165, 1.54) is 0 Å². The standard InChI is InChI=1S/C17H26N2O4S/c1-3-4-13-24(21,22)19-11-9-15(10-12-19)18-17(20)14-5-7-16(23-2)8-6-14/h5-8,15H,3-4,9-13H2,1-2H3,(H,18,20). The van der Waals surface area contributed by atoms with Gasteiger partial charge in [0.15, 0.2) is 0 Å². The molecule has 7 heteroatoms. The van der Waals surface area contributed by atoms with Crippen molar-refractivity contribution in [3.8, 4) is 5.75 Å².